The molecule has 0 saturated heterocycles. The van der Waals surface area contributed by atoms with Crippen LogP contribution in [0.5, 0.6) is 5.75 Å². The van der Waals surface area contributed by atoms with Crippen LogP contribution in [0.3, 0.4) is 0 Å². The Hall–Kier alpha value is -1.23. The van der Waals surface area contributed by atoms with E-state index >= 15 is 0 Å². The maximum Gasteiger partial charge on any atom is 0.425 e. The normalized spacial score (nSPS) is 16.6. The van der Waals surface area contributed by atoms with Gasteiger partial charge in [0.05, 0.1) is 0 Å². The number of alkyl halides is 3. The molecule has 0 saturated carbocycles. The van der Waals surface area contributed by atoms with Crippen LogP contribution in [0.4, 0.5) is 13.2 Å². The monoisotopic (exact) mass is 264 g/mol. The number of ether oxygens (including phenoxy) is 1. The summed E-state index contributed by atoms with van der Waals surface area (Å²) in [6.45, 7) is 5.85. The van der Waals surface area contributed by atoms with E-state index in [0.717, 1.165) is 12.7 Å². The summed E-state index contributed by atoms with van der Waals surface area (Å²) in [6.07, 6.45) is -6.01. The zero-order valence-corrected chi connectivity index (χ0v) is 11.0. The number of fused-ring (bicyclic) bond motifs is 1. The molecule has 1 atom stereocenters. The van der Waals surface area contributed by atoms with Crippen LogP contribution in [0, 0.1) is 6.92 Å². The molecule has 104 valence electrons. The molecule has 0 fully saturated rings. The topological polar surface area (TPSA) is 29.5 Å². The minimum atomic E-state index is -4.27. The first-order valence-electron chi connectivity index (χ1n) is 5.74. The van der Waals surface area contributed by atoms with Crippen molar-refractivity contribution in [3.63, 3.8) is 0 Å². The number of aryl methyl sites for hydroxylation is 1. The second-order valence-electron chi connectivity index (χ2n) is 3.46. The van der Waals surface area contributed by atoms with E-state index in [1.807, 2.05) is 20.8 Å². The molecular formula is C13H19F3O2. The van der Waals surface area contributed by atoms with Gasteiger partial charge in [0.2, 0.25) is 0 Å². The van der Waals surface area contributed by atoms with Crippen molar-refractivity contribution in [2.75, 3.05) is 7.11 Å². The van der Waals surface area contributed by atoms with Crippen LogP contribution in [0.2, 0.25) is 0 Å². The average Bonchev–Trinajstić information content (AvgIpc) is 2.77. The lowest BCUT2D eigenvalue weighted by Gasteiger charge is -2.13. The van der Waals surface area contributed by atoms with Crippen molar-refractivity contribution in [1.82, 2.24) is 0 Å². The van der Waals surface area contributed by atoms with Gasteiger partial charge in [-0.2, -0.15) is 13.2 Å². The smallest absolute Gasteiger partial charge is 0.425 e. The third-order valence-corrected chi connectivity index (χ3v) is 2.26. The fraction of sp³-hybridized carbons (Fsp3) is 0.538. The summed E-state index contributed by atoms with van der Waals surface area (Å²) in [6, 6.07) is 5.08. The quantitative estimate of drug-likeness (QED) is 0.777. The van der Waals surface area contributed by atoms with Crippen LogP contribution < -0.4 is 4.74 Å². The van der Waals surface area contributed by atoms with Gasteiger partial charge in [-0.05, 0) is 18.6 Å². The zero-order valence-electron chi connectivity index (χ0n) is 11.0. The average molecular weight is 264 g/mol. The number of rotatable bonds is 0. The summed E-state index contributed by atoms with van der Waals surface area (Å²) in [5.41, 5.74) is 1.60. The molecule has 1 unspecified atom stereocenters. The molecule has 1 aliphatic heterocycles. The van der Waals surface area contributed by atoms with Crippen LogP contribution in [0.1, 0.15) is 25.0 Å². The molecule has 0 radical (unpaired) electrons. The van der Waals surface area contributed by atoms with Gasteiger partial charge in [-0.25, -0.2) is 0 Å². The highest BCUT2D eigenvalue weighted by molar-refractivity contribution is 5.40. The Bertz CT molecular complexity index is 362. The van der Waals surface area contributed by atoms with Crippen LogP contribution >= 0.6 is 0 Å². The van der Waals surface area contributed by atoms with Gasteiger partial charge >= 0.3 is 6.18 Å². The third-order valence-electron chi connectivity index (χ3n) is 2.26. The summed E-state index contributed by atoms with van der Waals surface area (Å²) in [5, 5.41) is 7.00. The minimum Gasteiger partial charge on any atom is -0.480 e. The Morgan fingerprint density at radius 1 is 1.22 bits per heavy atom. The molecule has 18 heavy (non-hydrogen) atoms. The molecule has 2 nitrogen and oxygen atoms in total. The van der Waals surface area contributed by atoms with E-state index in [0.29, 0.717) is 11.3 Å². The van der Waals surface area contributed by atoms with E-state index in [2.05, 4.69) is 0 Å². The van der Waals surface area contributed by atoms with Crippen molar-refractivity contribution in [3.05, 3.63) is 29.3 Å². The van der Waals surface area contributed by atoms with Crippen molar-refractivity contribution < 1.29 is 23.0 Å². The van der Waals surface area contributed by atoms with Gasteiger partial charge in [0.25, 0.3) is 0 Å². The summed E-state index contributed by atoms with van der Waals surface area (Å²) >= 11 is 0. The molecule has 1 aromatic rings. The van der Waals surface area contributed by atoms with Gasteiger partial charge in [0.15, 0.2) is 6.10 Å². The molecule has 1 heterocycles. The summed E-state index contributed by atoms with van der Waals surface area (Å²) in [5.74, 6) is 0.359. The fourth-order valence-corrected chi connectivity index (χ4v) is 1.56. The standard InChI is InChI=1S/C10H9F3O.C2H6.CH4O/c1-6-2-3-8-7(4-6)5-9(14-8)10(11,12)13;2*1-2/h2-4,9H,5H2,1H3;1-2H3;2H,1H3. The Morgan fingerprint density at radius 2 is 1.78 bits per heavy atom. The summed E-state index contributed by atoms with van der Waals surface area (Å²) < 4.78 is 41.7. The van der Waals surface area contributed by atoms with Crippen LogP contribution in [-0.4, -0.2) is 24.5 Å². The van der Waals surface area contributed by atoms with Gasteiger partial charge in [0.1, 0.15) is 5.75 Å². The van der Waals surface area contributed by atoms with Crippen LogP contribution in [0.25, 0.3) is 0 Å². The fourth-order valence-electron chi connectivity index (χ4n) is 1.56. The lowest BCUT2D eigenvalue weighted by molar-refractivity contribution is -0.189. The first-order chi connectivity index (χ1) is 8.47. The highest BCUT2D eigenvalue weighted by atomic mass is 19.4. The lowest BCUT2D eigenvalue weighted by Crippen LogP contribution is -2.32. The van der Waals surface area contributed by atoms with Crippen molar-refractivity contribution in [1.29, 1.82) is 0 Å². The van der Waals surface area contributed by atoms with Crippen molar-refractivity contribution in [3.8, 4) is 5.75 Å². The van der Waals surface area contributed by atoms with Gasteiger partial charge in [0, 0.05) is 13.5 Å². The molecule has 1 aromatic carbocycles. The molecular weight excluding hydrogens is 245 g/mol. The van der Waals surface area contributed by atoms with Crippen molar-refractivity contribution >= 4 is 0 Å². The van der Waals surface area contributed by atoms with E-state index in [1.165, 1.54) is 0 Å². The maximum absolute atomic E-state index is 12.3. The second kappa shape index (κ2) is 7.26. The number of hydrogen-bond donors (Lipinski definition) is 1. The number of benzene rings is 1. The second-order valence-corrected chi connectivity index (χ2v) is 3.46. The van der Waals surface area contributed by atoms with E-state index in [9.17, 15) is 13.2 Å². The van der Waals surface area contributed by atoms with E-state index in [4.69, 9.17) is 9.84 Å². The zero-order chi connectivity index (χ0) is 14.3. The highest BCUT2D eigenvalue weighted by Gasteiger charge is 2.45. The molecule has 1 aliphatic rings. The van der Waals surface area contributed by atoms with Crippen molar-refractivity contribution in [2.45, 2.75) is 39.5 Å². The Balaban J connectivity index is 0.000000659. The SMILES string of the molecule is CC.CO.Cc1ccc2c(c1)CC(C(F)(F)F)O2. The number of hydrogen-bond acceptors (Lipinski definition) is 2. The Labute approximate surface area is 105 Å². The molecule has 5 heteroatoms. The van der Waals surface area contributed by atoms with E-state index in [-0.39, 0.29) is 6.42 Å². The first kappa shape index (κ1) is 16.8. The maximum atomic E-state index is 12.3. The van der Waals surface area contributed by atoms with Gasteiger partial charge in [-0.3, -0.25) is 0 Å². The molecule has 0 bridgehead atoms. The first-order valence-corrected chi connectivity index (χ1v) is 5.74. The van der Waals surface area contributed by atoms with Gasteiger partial charge in [-0.1, -0.05) is 31.5 Å². The minimum absolute atomic E-state index is 0.0689. The molecule has 1 N–H and O–H groups in total. The Morgan fingerprint density at radius 3 is 2.28 bits per heavy atom. The van der Waals surface area contributed by atoms with Gasteiger partial charge in [-0.15, -0.1) is 0 Å². The molecule has 0 spiro atoms. The highest BCUT2D eigenvalue weighted by Crippen LogP contribution is 2.36. The third kappa shape index (κ3) is 4.22. The van der Waals surface area contributed by atoms with Crippen LogP contribution in [-0.2, 0) is 6.42 Å². The van der Waals surface area contributed by atoms with Crippen LogP contribution in [0.15, 0.2) is 18.2 Å². The lowest BCUT2D eigenvalue weighted by atomic mass is 10.1. The number of halogens is 3. The molecule has 0 aliphatic carbocycles. The summed E-state index contributed by atoms with van der Waals surface area (Å²) in [4.78, 5) is 0. The number of aliphatic hydroxyl groups excluding tert-OH is 1. The Kier molecular flexibility index (Phi) is 6.76. The van der Waals surface area contributed by atoms with E-state index in [1.54, 1.807) is 18.2 Å². The predicted molar refractivity (Wildman–Crippen MR) is 64.8 cm³/mol. The van der Waals surface area contributed by atoms with Crippen molar-refractivity contribution in [2.24, 2.45) is 0 Å². The molecule has 2 rings (SSSR count). The van der Waals surface area contributed by atoms with E-state index < -0.39 is 12.3 Å². The summed E-state index contributed by atoms with van der Waals surface area (Å²) in [7, 11) is 1.00. The predicted octanol–water partition coefficient (Wildman–Crippen LogP) is 3.50. The molecule has 0 amide bonds. The van der Waals surface area contributed by atoms with Gasteiger partial charge < -0.3 is 9.84 Å². The molecule has 0 aromatic heterocycles. The number of aliphatic hydroxyl groups is 1. The largest absolute Gasteiger partial charge is 0.480 e.